The van der Waals surface area contributed by atoms with Crippen molar-refractivity contribution in [2.75, 3.05) is 5.32 Å². The van der Waals surface area contributed by atoms with Crippen molar-refractivity contribution in [3.63, 3.8) is 0 Å². The lowest BCUT2D eigenvalue weighted by molar-refractivity contribution is 0.985. The second-order valence-corrected chi connectivity index (χ2v) is 8.04. The number of fused-ring (bicyclic) bond motifs is 4. The molecule has 0 saturated heterocycles. The Morgan fingerprint density at radius 2 is 1.76 bits per heavy atom. The smallest absolute Gasteiger partial charge is 0.306 e. The Morgan fingerprint density at radius 1 is 0.960 bits per heavy atom. The van der Waals surface area contributed by atoms with Crippen LogP contribution < -0.4 is 10.2 Å². The molecule has 0 fully saturated rings. The van der Waals surface area contributed by atoms with Crippen LogP contribution in [0.15, 0.2) is 69.9 Å². The van der Waals surface area contributed by atoms with E-state index in [1.54, 1.807) is 0 Å². The minimum absolute atomic E-state index is 0.0308. The molecule has 1 unspecified atom stereocenters. The molecule has 3 aromatic carbocycles. The van der Waals surface area contributed by atoms with E-state index in [2.05, 4.69) is 62.6 Å². The first-order valence-corrected chi connectivity index (χ1v) is 9.59. The molecule has 5 rings (SSSR count). The number of aromatic nitrogens is 1. The van der Waals surface area contributed by atoms with Gasteiger partial charge in [0.25, 0.3) is 0 Å². The molecular formula is C20H13BrN2OS. The molecular weight excluding hydrogens is 396 g/mol. The topological polar surface area (TPSA) is 44.9 Å². The van der Waals surface area contributed by atoms with Crippen LogP contribution in [-0.4, -0.2) is 4.98 Å². The summed E-state index contributed by atoms with van der Waals surface area (Å²) in [5.74, 6) is 0.861. The number of anilines is 2. The molecule has 0 radical (unpaired) electrons. The minimum Gasteiger partial charge on any atom is -0.340 e. The van der Waals surface area contributed by atoms with Crippen LogP contribution in [-0.2, 0) is 0 Å². The van der Waals surface area contributed by atoms with Crippen molar-refractivity contribution in [3.8, 4) is 0 Å². The predicted octanol–water partition coefficient (Wildman–Crippen LogP) is 5.59. The van der Waals surface area contributed by atoms with Crippen LogP contribution in [0.1, 0.15) is 21.9 Å². The predicted molar refractivity (Wildman–Crippen MR) is 107 cm³/mol. The summed E-state index contributed by atoms with van der Waals surface area (Å²) in [5.41, 5.74) is 3.45. The van der Waals surface area contributed by atoms with E-state index in [1.807, 2.05) is 24.3 Å². The number of halogens is 1. The van der Waals surface area contributed by atoms with Crippen LogP contribution in [0.3, 0.4) is 0 Å². The molecule has 0 amide bonds. The Morgan fingerprint density at radius 3 is 2.60 bits per heavy atom. The third-order valence-electron chi connectivity index (χ3n) is 4.66. The van der Waals surface area contributed by atoms with Crippen molar-refractivity contribution in [1.29, 1.82) is 0 Å². The average Bonchev–Trinajstić information content (AvgIpc) is 3.00. The summed E-state index contributed by atoms with van der Waals surface area (Å²) >= 11 is 4.78. The van der Waals surface area contributed by atoms with Gasteiger partial charge < -0.3 is 5.32 Å². The summed E-state index contributed by atoms with van der Waals surface area (Å²) in [6, 6.07) is 21.0. The van der Waals surface area contributed by atoms with Gasteiger partial charge in [-0.05, 0) is 28.6 Å². The molecule has 1 aromatic heterocycles. The fourth-order valence-corrected chi connectivity index (χ4v) is 4.76. The van der Waals surface area contributed by atoms with Gasteiger partial charge in [-0.15, -0.1) is 0 Å². The fraction of sp³-hybridized carbons (Fsp3) is 0.0500. The number of hydrogen-bond acceptors (Lipinski definition) is 3. The molecule has 5 heteroatoms. The van der Waals surface area contributed by atoms with Crippen molar-refractivity contribution in [2.24, 2.45) is 0 Å². The third-order valence-corrected chi connectivity index (χ3v) is 6.14. The molecule has 1 atom stereocenters. The summed E-state index contributed by atoms with van der Waals surface area (Å²) in [7, 11) is 0. The van der Waals surface area contributed by atoms with E-state index in [0.29, 0.717) is 0 Å². The summed E-state index contributed by atoms with van der Waals surface area (Å²) in [5, 5.41) is 5.81. The van der Waals surface area contributed by atoms with Gasteiger partial charge in [0.2, 0.25) is 0 Å². The quantitative estimate of drug-likeness (QED) is 0.379. The SMILES string of the molecule is O=c1[nH]c2c(s1)C(c1ccc(Br)cc1)c1ccc3ccccc3c1N2. The molecule has 0 aliphatic carbocycles. The number of benzene rings is 3. The molecule has 0 spiro atoms. The number of nitrogens with one attached hydrogen (secondary N) is 2. The maximum atomic E-state index is 12.0. The minimum atomic E-state index is -0.0308. The van der Waals surface area contributed by atoms with E-state index in [1.165, 1.54) is 33.2 Å². The van der Waals surface area contributed by atoms with Crippen molar-refractivity contribution < 1.29 is 0 Å². The lowest BCUT2D eigenvalue weighted by Crippen LogP contribution is -2.13. The zero-order valence-corrected chi connectivity index (χ0v) is 15.4. The number of rotatable bonds is 1. The lowest BCUT2D eigenvalue weighted by atomic mass is 9.85. The maximum Gasteiger partial charge on any atom is 0.306 e. The van der Waals surface area contributed by atoms with Gasteiger partial charge in [0.05, 0.1) is 10.6 Å². The van der Waals surface area contributed by atoms with Gasteiger partial charge in [0, 0.05) is 15.8 Å². The average molecular weight is 409 g/mol. The molecule has 2 N–H and O–H groups in total. The van der Waals surface area contributed by atoms with Gasteiger partial charge >= 0.3 is 4.87 Å². The Balaban J connectivity index is 1.82. The van der Waals surface area contributed by atoms with E-state index in [9.17, 15) is 4.79 Å². The summed E-state index contributed by atoms with van der Waals surface area (Å²) in [6.07, 6.45) is 0. The molecule has 0 saturated carbocycles. The van der Waals surface area contributed by atoms with Crippen molar-refractivity contribution in [2.45, 2.75) is 5.92 Å². The van der Waals surface area contributed by atoms with Gasteiger partial charge in [-0.2, -0.15) is 0 Å². The Kier molecular flexibility index (Phi) is 3.33. The third kappa shape index (κ3) is 2.34. The van der Waals surface area contributed by atoms with Crippen molar-refractivity contribution >= 4 is 49.5 Å². The number of thiazole rings is 1. The summed E-state index contributed by atoms with van der Waals surface area (Å²) in [4.78, 5) is 16.0. The standard InChI is InChI=1S/C20H13BrN2OS/c21-13-8-5-12(6-9-13)16-15-10-7-11-3-1-2-4-14(11)17(15)22-19-18(16)25-20(24)23-19/h1-10,16,22H,(H,23,24). The summed E-state index contributed by atoms with van der Waals surface area (Å²) < 4.78 is 1.05. The van der Waals surface area contributed by atoms with Crippen LogP contribution in [0.2, 0.25) is 0 Å². The second-order valence-electron chi connectivity index (χ2n) is 6.11. The van der Waals surface area contributed by atoms with Crippen molar-refractivity contribution in [3.05, 3.63) is 90.8 Å². The Hall–Kier alpha value is -2.37. The zero-order valence-electron chi connectivity index (χ0n) is 13.0. The van der Waals surface area contributed by atoms with Crippen LogP contribution >= 0.6 is 27.3 Å². The second kappa shape index (κ2) is 5.58. The monoisotopic (exact) mass is 408 g/mol. The van der Waals surface area contributed by atoms with Crippen LogP contribution in [0.4, 0.5) is 11.5 Å². The Labute approximate surface area is 156 Å². The van der Waals surface area contributed by atoms with Gasteiger partial charge in [0.1, 0.15) is 5.82 Å². The zero-order chi connectivity index (χ0) is 17.0. The molecule has 4 aromatic rings. The van der Waals surface area contributed by atoms with Crippen LogP contribution in [0.5, 0.6) is 0 Å². The highest BCUT2D eigenvalue weighted by Gasteiger charge is 2.30. The largest absolute Gasteiger partial charge is 0.340 e. The molecule has 122 valence electrons. The first-order valence-electron chi connectivity index (χ1n) is 7.98. The first kappa shape index (κ1) is 14.9. The van der Waals surface area contributed by atoms with E-state index < -0.39 is 0 Å². The number of hydrogen-bond donors (Lipinski definition) is 2. The Bertz CT molecular complexity index is 1160. The van der Waals surface area contributed by atoms with E-state index >= 15 is 0 Å². The van der Waals surface area contributed by atoms with E-state index in [0.717, 1.165) is 20.9 Å². The summed E-state index contributed by atoms with van der Waals surface area (Å²) in [6.45, 7) is 0. The molecule has 25 heavy (non-hydrogen) atoms. The number of aromatic amines is 1. The van der Waals surface area contributed by atoms with E-state index in [-0.39, 0.29) is 10.8 Å². The highest BCUT2D eigenvalue weighted by atomic mass is 79.9. The molecule has 3 nitrogen and oxygen atoms in total. The van der Waals surface area contributed by atoms with Gasteiger partial charge in [0.15, 0.2) is 0 Å². The van der Waals surface area contributed by atoms with E-state index in [4.69, 9.17) is 0 Å². The lowest BCUT2D eigenvalue weighted by Gasteiger charge is -2.27. The van der Waals surface area contributed by atoms with Crippen molar-refractivity contribution in [1.82, 2.24) is 4.98 Å². The number of H-pyrrole nitrogens is 1. The normalized spacial score (nSPS) is 15.5. The molecule has 1 aliphatic rings. The van der Waals surface area contributed by atoms with Gasteiger partial charge in [-0.1, -0.05) is 75.8 Å². The highest BCUT2D eigenvalue weighted by Crippen LogP contribution is 2.47. The van der Waals surface area contributed by atoms with Gasteiger partial charge in [-0.3, -0.25) is 9.78 Å². The first-order chi connectivity index (χ1) is 12.2. The molecule has 2 heterocycles. The fourth-order valence-electron chi connectivity index (χ4n) is 3.56. The van der Waals surface area contributed by atoms with Gasteiger partial charge in [-0.25, -0.2) is 0 Å². The molecule has 1 aliphatic heterocycles. The molecule has 0 bridgehead atoms. The maximum absolute atomic E-state index is 12.0. The highest BCUT2D eigenvalue weighted by molar-refractivity contribution is 9.10. The van der Waals surface area contributed by atoms with Crippen LogP contribution in [0, 0.1) is 0 Å². The van der Waals surface area contributed by atoms with Crippen LogP contribution in [0.25, 0.3) is 10.8 Å².